The van der Waals surface area contributed by atoms with Crippen molar-refractivity contribution in [1.29, 1.82) is 0 Å². The number of thiol groups is 1. The van der Waals surface area contributed by atoms with E-state index in [0.717, 1.165) is 18.6 Å². The smallest absolute Gasteiger partial charge is 0.332 e. The maximum atomic E-state index is 11.3. The van der Waals surface area contributed by atoms with Crippen molar-refractivity contribution in [2.75, 3.05) is 5.75 Å². The number of rotatable bonds is 4. The molecular formula is C12H16N2O3S. The molecule has 5 nitrogen and oxygen atoms in total. The SMILES string of the molecule is O=c1ccn(CC2(CS)CCCC2)cc1[N+](=O)[O-]. The molecule has 6 heteroatoms. The van der Waals surface area contributed by atoms with Crippen LogP contribution >= 0.6 is 12.6 Å². The van der Waals surface area contributed by atoms with Gasteiger partial charge in [0.2, 0.25) is 0 Å². The summed E-state index contributed by atoms with van der Waals surface area (Å²) in [5.41, 5.74) is -0.779. The van der Waals surface area contributed by atoms with E-state index in [4.69, 9.17) is 0 Å². The van der Waals surface area contributed by atoms with E-state index in [9.17, 15) is 14.9 Å². The van der Waals surface area contributed by atoms with Crippen molar-refractivity contribution in [3.05, 3.63) is 38.8 Å². The minimum Gasteiger partial charge on any atom is -0.347 e. The second-order valence-corrected chi connectivity index (χ2v) is 5.31. The molecule has 2 rings (SSSR count). The lowest BCUT2D eigenvalue weighted by Gasteiger charge is -2.27. The van der Waals surface area contributed by atoms with Crippen LogP contribution in [0.1, 0.15) is 25.7 Å². The lowest BCUT2D eigenvalue weighted by atomic mass is 9.88. The van der Waals surface area contributed by atoms with Gasteiger partial charge in [-0.3, -0.25) is 14.9 Å². The van der Waals surface area contributed by atoms with Crippen molar-refractivity contribution in [3.8, 4) is 0 Å². The van der Waals surface area contributed by atoms with Crippen molar-refractivity contribution < 1.29 is 4.92 Å². The zero-order valence-corrected chi connectivity index (χ0v) is 10.9. The molecule has 1 saturated carbocycles. The molecule has 1 fully saturated rings. The minimum absolute atomic E-state index is 0.117. The van der Waals surface area contributed by atoms with E-state index in [-0.39, 0.29) is 11.1 Å². The van der Waals surface area contributed by atoms with Crippen LogP contribution in [0.4, 0.5) is 5.69 Å². The van der Waals surface area contributed by atoms with E-state index >= 15 is 0 Å². The summed E-state index contributed by atoms with van der Waals surface area (Å²) < 4.78 is 1.75. The van der Waals surface area contributed by atoms with E-state index in [1.165, 1.54) is 25.1 Å². The Labute approximate surface area is 110 Å². The Bertz CT molecular complexity index is 506. The van der Waals surface area contributed by atoms with Crippen LogP contribution < -0.4 is 5.43 Å². The summed E-state index contributed by atoms with van der Waals surface area (Å²) in [5, 5.41) is 10.7. The number of nitro groups is 1. The summed E-state index contributed by atoms with van der Waals surface area (Å²) in [6.45, 7) is 0.692. The number of hydrogen-bond acceptors (Lipinski definition) is 4. The molecule has 0 spiro atoms. The number of nitrogens with zero attached hydrogens (tertiary/aromatic N) is 2. The van der Waals surface area contributed by atoms with Gasteiger partial charge in [0, 0.05) is 18.8 Å². The third-order valence-corrected chi connectivity index (χ3v) is 4.34. The first kappa shape index (κ1) is 13.1. The van der Waals surface area contributed by atoms with E-state index in [1.807, 2.05) is 0 Å². The van der Waals surface area contributed by atoms with Crippen molar-refractivity contribution in [2.24, 2.45) is 5.41 Å². The van der Waals surface area contributed by atoms with Crippen LogP contribution in [-0.4, -0.2) is 15.2 Å². The molecule has 0 aliphatic heterocycles. The van der Waals surface area contributed by atoms with Gasteiger partial charge in [-0.15, -0.1) is 0 Å². The fourth-order valence-electron chi connectivity index (χ4n) is 2.63. The number of aromatic nitrogens is 1. The average Bonchev–Trinajstić information content (AvgIpc) is 2.80. The first-order valence-electron chi connectivity index (χ1n) is 6.02. The molecule has 1 aliphatic rings. The molecule has 0 aromatic carbocycles. The Kier molecular flexibility index (Phi) is 3.75. The minimum atomic E-state index is -0.624. The van der Waals surface area contributed by atoms with Crippen molar-refractivity contribution >= 4 is 18.3 Å². The van der Waals surface area contributed by atoms with E-state index in [2.05, 4.69) is 12.6 Å². The van der Waals surface area contributed by atoms with Gasteiger partial charge in [0.15, 0.2) is 0 Å². The topological polar surface area (TPSA) is 65.1 Å². The third kappa shape index (κ3) is 2.58. The summed E-state index contributed by atoms with van der Waals surface area (Å²) in [5.74, 6) is 0.771. The van der Waals surface area contributed by atoms with Gasteiger partial charge in [-0.2, -0.15) is 12.6 Å². The van der Waals surface area contributed by atoms with Gasteiger partial charge in [-0.05, 0) is 24.0 Å². The zero-order chi connectivity index (χ0) is 13.2. The number of pyridine rings is 1. The maximum absolute atomic E-state index is 11.3. The first-order valence-corrected chi connectivity index (χ1v) is 6.65. The fraction of sp³-hybridized carbons (Fsp3) is 0.583. The van der Waals surface area contributed by atoms with E-state index < -0.39 is 10.4 Å². The van der Waals surface area contributed by atoms with Gasteiger partial charge in [0.1, 0.15) is 0 Å². The quantitative estimate of drug-likeness (QED) is 0.517. The van der Waals surface area contributed by atoms with E-state index in [1.54, 1.807) is 10.8 Å². The van der Waals surface area contributed by atoms with Crippen LogP contribution in [0.15, 0.2) is 23.3 Å². The summed E-state index contributed by atoms with van der Waals surface area (Å²) in [7, 11) is 0. The molecule has 1 heterocycles. The molecule has 0 N–H and O–H groups in total. The van der Waals surface area contributed by atoms with Crippen LogP contribution in [0.25, 0.3) is 0 Å². The molecule has 0 unspecified atom stereocenters. The third-order valence-electron chi connectivity index (χ3n) is 3.67. The second-order valence-electron chi connectivity index (χ2n) is 4.99. The lowest BCUT2D eigenvalue weighted by Crippen LogP contribution is -2.26. The second kappa shape index (κ2) is 5.14. The molecule has 0 saturated heterocycles. The molecule has 0 bridgehead atoms. The van der Waals surface area contributed by atoms with Gasteiger partial charge in [-0.1, -0.05) is 12.8 Å². The average molecular weight is 268 g/mol. The standard InChI is InChI=1S/C12H16N2O3S/c15-11-3-6-13(7-10(11)14(16)17)8-12(9-18)4-1-2-5-12/h3,6-7,18H,1-2,4-5,8-9H2. The Morgan fingerprint density at radius 1 is 1.44 bits per heavy atom. The predicted octanol–water partition coefficient (Wildman–Crippen LogP) is 2.25. The Morgan fingerprint density at radius 3 is 2.67 bits per heavy atom. The summed E-state index contributed by atoms with van der Waals surface area (Å²) in [6.07, 6.45) is 7.52. The van der Waals surface area contributed by atoms with Crippen LogP contribution in [0.2, 0.25) is 0 Å². The first-order chi connectivity index (χ1) is 8.56. The van der Waals surface area contributed by atoms with Gasteiger partial charge in [-0.25, -0.2) is 0 Å². The largest absolute Gasteiger partial charge is 0.347 e. The van der Waals surface area contributed by atoms with Crippen LogP contribution in [0.5, 0.6) is 0 Å². The van der Waals surface area contributed by atoms with Crippen LogP contribution in [0.3, 0.4) is 0 Å². The Balaban J connectivity index is 2.26. The van der Waals surface area contributed by atoms with Crippen molar-refractivity contribution in [1.82, 2.24) is 4.57 Å². The lowest BCUT2D eigenvalue weighted by molar-refractivity contribution is -0.386. The maximum Gasteiger partial charge on any atom is 0.332 e. The van der Waals surface area contributed by atoms with Gasteiger partial charge >= 0.3 is 5.69 Å². The molecule has 0 amide bonds. The monoisotopic (exact) mass is 268 g/mol. The summed E-state index contributed by atoms with van der Waals surface area (Å²) in [4.78, 5) is 21.4. The van der Waals surface area contributed by atoms with Crippen LogP contribution in [0, 0.1) is 15.5 Å². The fourth-order valence-corrected chi connectivity index (χ4v) is 3.04. The molecule has 1 aromatic rings. The highest BCUT2D eigenvalue weighted by atomic mass is 32.1. The highest BCUT2D eigenvalue weighted by Crippen LogP contribution is 2.40. The highest BCUT2D eigenvalue weighted by molar-refractivity contribution is 7.80. The molecular weight excluding hydrogens is 252 g/mol. The van der Waals surface area contributed by atoms with Gasteiger partial charge in [0.25, 0.3) is 5.43 Å². The Hall–Kier alpha value is -1.30. The summed E-state index contributed by atoms with van der Waals surface area (Å²) in [6, 6.07) is 1.26. The molecule has 98 valence electrons. The molecule has 0 radical (unpaired) electrons. The van der Waals surface area contributed by atoms with Crippen molar-refractivity contribution in [2.45, 2.75) is 32.2 Å². The molecule has 1 aromatic heterocycles. The van der Waals surface area contributed by atoms with Gasteiger partial charge < -0.3 is 4.57 Å². The van der Waals surface area contributed by atoms with Crippen LogP contribution in [-0.2, 0) is 6.54 Å². The highest BCUT2D eigenvalue weighted by Gasteiger charge is 2.32. The van der Waals surface area contributed by atoms with Crippen molar-refractivity contribution in [3.63, 3.8) is 0 Å². The molecule has 0 atom stereocenters. The number of hydrogen-bond donors (Lipinski definition) is 1. The normalized spacial score (nSPS) is 17.8. The predicted molar refractivity (Wildman–Crippen MR) is 72.1 cm³/mol. The van der Waals surface area contributed by atoms with Gasteiger partial charge in [0.05, 0.1) is 11.1 Å². The zero-order valence-electron chi connectivity index (χ0n) is 10.0. The Morgan fingerprint density at radius 2 is 2.11 bits per heavy atom. The molecule has 18 heavy (non-hydrogen) atoms. The summed E-state index contributed by atoms with van der Waals surface area (Å²) >= 11 is 4.41. The van der Waals surface area contributed by atoms with E-state index in [0.29, 0.717) is 6.54 Å². The molecule has 1 aliphatic carbocycles.